The van der Waals surface area contributed by atoms with E-state index in [2.05, 4.69) is 23.6 Å². The molecule has 2 heterocycles. The third-order valence-corrected chi connectivity index (χ3v) is 4.88. The number of nitrogens with zero attached hydrogens (tertiary/aromatic N) is 3. The minimum absolute atomic E-state index is 0.0893. The van der Waals surface area contributed by atoms with Gasteiger partial charge in [0.1, 0.15) is 0 Å². The van der Waals surface area contributed by atoms with Crippen LogP contribution in [0, 0.1) is 0 Å². The SMILES string of the molecule is C[C@@H]1CC[C@H](C)N1CCN1CCN(C(=O)[C@@H](C)N)CC1. The molecule has 0 aromatic carbocycles. The number of amides is 1. The van der Waals surface area contributed by atoms with Crippen LogP contribution in [0.2, 0.25) is 0 Å². The minimum Gasteiger partial charge on any atom is -0.339 e. The van der Waals surface area contributed by atoms with Crippen molar-refractivity contribution >= 4 is 5.91 Å². The molecule has 2 aliphatic rings. The van der Waals surface area contributed by atoms with Crippen molar-refractivity contribution in [2.75, 3.05) is 39.3 Å². The van der Waals surface area contributed by atoms with Crippen molar-refractivity contribution in [3.05, 3.63) is 0 Å². The first-order valence-corrected chi connectivity index (χ1v) is 8.01. The molecule has 116 valence electrons. The molecule has 2 N–H and O–H groups in total. The average molecular weight is 282 g/mol. The van der Waals surface area contributed by atoms with Crippen LogP contribution < -0.4 is 5.73 Å². The van der Waals surface area contributed by atoms with Gasteiger partial charge in [0, 0.05) is 51.4 Å². The lowest BCUT2D eigenvalue weighted by molar-refractivity contribution is -0.133. The predicted octanol–water partition coefficient (Wildman–Crippen LogP) is 0.351. The molecule has 5 heteroatoms. The van der Waals surface area contributed by atoms with E-state index in [1.54, 1.807) is 6.92 Å². The summed E-state index contributed by atoms with van der Waals surface area (Å²) in [5, 5.41) is 0. The third kappa shape index (κ3) is 3.71. The molecule has 2 fully saturated rings. The van der Waals surface area contributed by atoms with Crippen LogP contribution >= 0.6 is 0 Å². The van der Waals surface area contributed by atoms with E-state index in [0.29, 0.717) is 0 Å². The maximum Gasteiger partial charge on any atom is 0.239 e. The minimum atomic E-state index is -0.368. The highest BCUT2D eigenvalue weighted by atomic mass is 16.2. The predicted molar refractivity (Wildman–Crippen MR) is 81.5 cm³/mol. The molecule has 0 aliphatic carbocycles. The Kier molecular flexibility index (Phi) is 5.41. The Balaban J connectivity index is 1.71. The van der Waals surface area contributed by atoms with Gasteiger partial charge in [0.05, 0.1) is 6.04 Å². The van der Waals surface area contributed by atoms with E-state index in [1.165, 1.54) is 12.8 Å². The van der Waals surface area contributed by atoms with Crippen molar-refractivity contribution in [2.45, 2.75) is 51.7 Å². The van der Waals surface area contributed by atoms with Gasteiger partial charge < -0.3 is 10.6 Å². The van der Waals surface area contributed by atoms with Gasteiger partial charge in [-0.25, -0.2) is 0 Å². The van der Waals surface area contributed by atoms with Gasteiger partial charge in [0.2, 0.25) is 5.91 Å². The fourth-order valence-corrected chi connectivity index (χ4v) is 3.43. The Labute approximate surface area is 123 Å². The van der Waals surface area contributed by atoms with Crippen LogP contribution in [-0.4, -0.2) is 78.0 Å². The maximum absolute atomic E-state index is 11.8. The molecule has 5 nitrogen and oxygen atoms in total. The normalized spacial score (nSPS) is 30.7. The van der Waals surface area contributed by atoms with Gasteiger partial charge in [-0.1, -0.05) is 0 Å². The summed E-state index contributed by atoms with van der Waals surface area (Å²) in [6.45, 7) is 12.3. The lowest BCUT2D eigenvalue weighted by Crippen LogP contribution is -2.53. The molecular formula is C15H30N4O. The molecule has 2 rings (SSSR count). The number of hydrogen-bond acceptors (Lipinski definition) is 4. The van der Waals surface area contributed by atoms with E-state index in [4.69, 9.17) is 5.73 Å². The van der Waals surface area contributed by atoms with Crippen molar-refractivity contribution in [3.8, 4) is 0 Å². The molecule has 0 saturated carbocycles. The van der Waals surface area contributed by atoms with Gasteiger partial charge in [-0.15, -0.1) is 0 Å². The van der Waals surface area contributed by atoms with E-state index >= 15 is 0 Å². The molecular weight excluding hydrogens is 252 g/mol. The summed E-state index contributed by atoms with van der Waals surface area (Å²) in [5.74, 6) is 0.0893. The number of carbonyl (C=O) groups is 1. The van der Waals surface area contributed by atoms with Crippen LogP contribution in [0.25, 0.3) is 0 Å². The summed E-state index contributed by atoms with van der Waals surface area (Å²) < 4.78 is 0. The largest absolute Gasteiger partial charge is 0.339 e. The van der Waals surface area contributed by atoms with Gasteiger partial charge >= 0.3 is 0 Å². The summed E-state index contributed by atoms with van der Waals surface area (Å²) in [5.41, 5.74) is 5.66. The van der Waals surface area contributed by atoms with E-state index in [1.807, 2.05) is 4.90 Å². The van der Waals surface area contributed by atoms with Gasteiger partial charge in [-0.2, -0.15) is 0 Å². The molecule has 1 amide bonds. The molecule has 2 aliphatic heterocycles. The van der Waals surface area contributed by atoms with E-state index in [0.717, 1.165) is 51.4 Å². The van der Waals surface area contributed by atoms with Crippen LogP contribution in [0.5, 0.6) is 0 Å². The van der Waals surface area contributed by atoms with Crippen molar-refractivity contribution in [3.63, 3.8) is 0 Å². The zero-order valence-electron chi connectivity index (χ0n) is 13.2. The highest BCUT2D eigenvalue weighted by molar-refractivity contribution is 5.81. The molecule has 0 radical (unpaired) electrons. The Morgan fingerprint density at radius 2 is 1.65 bits per heavy atom. The van der Waals surface area contributed by atoms with Crippen LogP contribution in [0.15, 0.2) is 0 Å². The highest BCUT2D eigenvalue weighted by Crippen LogP contribution is 2.22. The number of hydrogen-bond donors (Lipinski definition) is 1. The van der Waals surface area contributed by atoms with E-state index < -0.39 is 0 Å². The van der Waals surface area contributed by atoms with Gasteiger partial charge in [-0.05, 0) is 33.6 Å². The first kappa shape index (κ1) is 15.7. The first-order valence-electron chi connectivity index (χ1n) is 8.01. The van der Waals surface area contributed by atoms with Gasteiger partial charge in [0.15, 0.2) is 0 Å². The second kappa shape index (κ2) is 6.87. The second-order valence-electron chi connectivity index (χ2n) is 6.47. The molecule has 3 atom stereocenters. The average Bonchev–Trinajstić information content (AvgIpc) is 2.75. The number of carbonyl (C=O) groups excluding carboxylic acids is 1. The van der Waals surface area contributed by atoms with Crippen molar-refractivity contribution in [1.29, 1.82) is 0 Å². The molecule has 0 bridgehead atoms. The number of nitrogens with two attached hydrogens (primary N) is 1. The molecule has 20 heavy (non-hydrogen) atoms. The van der Waals surface area contributed by atoms with Gasteiger partial charge in [0.25, 0.3) is 0 Å². The fourth-order valence-electron chi connectivity index (χ4n) is 3.43. The van der Waals surface area contributed by atoms with Crippen LogP contribution in [0.1, 0.15) is 33.6 Å². The smallest absolute Gasteiger partial charge is 0.239 e. The first-order chi connectivity index (χ1) is 9.49. The zero-order valence-corrected chi connectivity index (χ0v) is 13.2. The Hall–Kier alpha value is -0.650. The fraction of sp³-hybridized carbons (Fsp3) is 0.933. The number of piperazine rings is 1. The van der Waals surface area contributed by atoms with E-state index in [9.17, 15) is 4.79 Å². The number of rotatable bonds is 4. The summed E-state index contributed by atoms with van der Waals surface area (Å²) >= 11 is 0. The highest BCUT2D eigenvalue weighted by Gasteiger charge is 2.28. The molecule has 2 saturated heterocycles. The van der Waals surface area contributed by atoms with Crippen molar-refractivity contribution in [2.24, 2.45) is 5.73 Å². The standard InChI is InChI=1S/C15H30N4O/c1-12-4-5-13(2)19(12)11-8-17-6-9-18(10-7-17)15(20)14(3)16/h12-14H,4-11,16H2,1-3H3/t12-,13+,14-/m1/s1. The van der Waals surface area contributed by atoms with Crippen LogP contribution in [0.4, 0.5) is 0 Å². The maximum atomic E-state index is 11.8. The van der Waals surface area contributed by atoms with E-state index in [-0.39, 0.29) is 11.9 Å². The lowest BCUT2D eigenvalue weighted by Gasteiger charge is -2.37. The summed E-state index contributed by atoms with van der Waals surface area (Å²) in [7, 11) is 0. The Morgan fingerprint density at radius 3 is 2.15 bits per heavy atom. The molecule has 0 aromatic rings. The van der Waals surface area contributed by atoms with Crippen LogP contribution in [0.3, 0.4) is 0 Å². The second-order valence-corrected chi connectivity index (χ2v) is 6.47. The lowest BCUT2D eigenvalue weighted by atomic mass is 10.2. The third-order valence-electron chi connectivity index (χ3n) is 4.88. The molecule has 0 unspecified atom stereocenters. The monoisotopic (exact) mass is 282 g/mol. The summed E-state index contributed by atoms with van der Waals surface area (Å²) in [4.78, 5) is 18.8. The topological polar surface area (TPSA) is 52.8 Å². The zero-order chi connectivity index (χ0) is 14.7. The Morgan fingerprint density at radius 1 is 1.10 bits per heavy atom. The van der Waals surface area contributed by atoms with Crippen LogP contribution in [-0.2, 0) is 4.79 Å². The molecule has 0 aromatic heterocycles. The summed E-state index contributed by atoms with van der Waals surface area (Å²) in [6.07, 6.45) is 2.66. The quantitative estimate of drug-likeness (QED) is 0.808. The van der Waals surface area contributed by atoms with Crippen molar-refractivity contribution < 1.29 is 4.79 Å². The van der Waals surface area contributed by atoms with Crippen molar-refractivity contribution in [1.82, 2.24) is 14.7 Å². The Bertz CT molecular complexity index is 316. The molecule has 0 spiro atoms. The number of likely N-dealkylation sites (tertiary alicyclic amines) is 1. The van der Waals surface area contributed by atoms with Gasteiger partial charge in [-0.3, -0.25) is 14.6 Å². The summed E-state index contributed by atoms with van der Waals surface area (Å²) in [6, 6.07) is 1.09.